The molecular weight excluding hydrogens is 440 g/mol. The van der Waals surface area contributed by atoms with Crippen molar-refractivity contribution in [2.75, 3.05) is 30.5 Å². The van der Waals surface area contributed by atoms with Gasteiger partial charge in [-0.05, 0) is 55.5 Å². The van der Waals surface area contributed by atoms with E-state index < -0.39 is 0 Å². The highest BCUT2D eigenvalue weighted by atomic mass is 35.5. The van der Waals surface area contributed by atoms with Crippen molar-refractivity contribution in [2.24, 2.45) is 0 Å². The number of nitrogens with one attached hydrogen (secondary N) is 2. The Bertz CT molecular complexity index is 961. The summed E-state index contributed by atoms with van der Waals surface area (Å²) in [4.78, 5) is 26.7. The van der Waals surface area contributed by atoms with Gasteiger partial charge in [0.2, 0.25) is 0 Å². The Morgan fingerprint density at radius 3 is 2.60 bits per heavy atom. The summed E-state index contributed by atoms with van der Waals surface area (Å²) in [6, 6.07) is 13.1. The zero-order valence-corrected chi connectivity index (χ0v) is 19.2. The van der Waals surface area contributed by atoms with Gasteiger partial charge in [0.1, 0.15) is 10.7 Å². The fourth-order valence-corrected chi connectivity index (χ4v) is 4.39. The molecule has 5 nitrogen and oxygen atoms in total. The molecule has 1 aliphatic heterocycles. The SMILES string of the molecule is CSc1ccc(CCNC(=O)c2ccc(NC(=O)C3=C(C)OCCS3)cc2Cl)cc1. The van der Waals surface area contributed by atoms with E-state index in [1.54, 1.807) is 36.9 Å². The number of thioether (sulfide) groups is 2. The molecule has 2 aromatic rings. The Hall–Kier alpha value is -2.09. The first-order valence-corrected chi connectivity index (χ1v) is 12.1. The fraction of sp³-hybridized carbons (Fsp3) is 0.273. The number of halogens is 1. The van der Waals surface area contributed by atoms with Crippen LogP contribution in [0.5, 0.6) is 0 Å². The van der Waals surface area contributed by atoms with E-state index in [0.717, 1.165) is 17.7 Å². The predicted octanol–water partition coefficient (Wildman–Crippen LogP) is 4.97. The third-order valence-electron chi connectivity index (χ3n) is 4.50. The van der Waals surface area contributed by atoms with E-state index in [0.29, 0.717) is 35.1 Å². The van der Waals surface area contributed by atoms with E-state index in [4.69, 9.17) is 16.3 Å². The Kier molecular flexibility index (Phi) is 8.13. The Morgan fingerprint density at radius 1 is 1.17 bits per heavy atom. The second kappa shape index (κ2) is 10.8. The number of carbonyl (C=O) groups excluding carboxylic acids is 2. The van der Waals surface area contributed by atoms with Gasteiger partial charge in [-0.1, -0.05) is 23.7 Å². The lowest BCUT2D eigenvalue weighted by Gasteiger charge is -2.18. The van der Waals surface area contributed by atoms with Crippen molar-refractivity contribution >= 4 is 52.6 Å². The third-order valence-corrected chi connectivity index (χ3v) is 6.69. The van der Waals surface area contributed by atoms with Gasteiger partial charge in [-0.3, -0.25) is 9.59 Å². The molecule has 2 amide bonds. The van der Waals surface area contributed by atoms with Gasteiger partial charge in [-0.15, -0.1) is 23.5 Å². The standard InChI is InChI=1S/C22H23ClN2O3S2/c1-14-20(30-12-11-28-14)22(27)25-16-5-8-18(19(23)13-16)21(26)24-10-9-15-3-6-17(29-2)7-4-15/h3-8,13H,9-12H2,1-2H3,(H,24,26)(H,25,27). The summed E-state index contributed by atoms with van der Waals surface area (Å²) in [5.41, 5.74) is 2.06. The van der Waals surface area contributed by atoms with Crippen LogP contribution in [0.1, 0.15) is 22.8 Å². The van der Waals surface area contributed by atoms with Crippen LogP contribution in [0.25, 0.3) is 0 Å². The molecule has 0 bridgehead atoms. The number of amides is 2. The molecule has 1 heterocycles. The van der Waals surface area contributed by atoms with Crippen LogP contribution in [0.2, 0.25) is 5.02 Å². The zero-order valence-electron chi connectivity index (χ0n) is 16.8. The number of carbonyl (C=O) groups is 2. The van der Waals surface area contributed by atoms with Gasteiger partial charge >= 0.3 is 0 Å². The Morgan fingerprint density at radius 2 is 1.93 bits per heavy atom. The van der Waals surface area contributed by atoms with Gasteiger partial charge in [0.05, 0.1) is 17.2 Å². The molecule has 0 radical (unpaired) electrons. The fourth-order valence-electron chi connectivity index (χ4n) is 2.90. The first-order chi connectivity index (χ1) is 14.5. The van der Waals surface area contributed by atoms with E-state index >= 15 is 0 Å². The Balaban J connectivity index is 1.56. The van der Waals surface area contributed by atoms with Gasteiger partial charge in [-0.25, -0.2) is 0 Å². The number of hydrogen-bond acceptors (Lipinski definition) is 5. The van der Waals surface area contributed by atoms with Crippen molar-refractivity contribution in [1.82, 2.24) is 5.32 Å². The third kappa shape index (κ3) is 5.97. The first kappa shape index (κ1) is 22.6. The lowest BCUT2D eigenvalue weighted by atomic mass is 10.1. The van der Waals surface area contributed by atoms with Crippen LogP contribution in [0.3, 0.4) is 0 Å². The van der Waals surface area contributed by atoms with Gasteiger partial charge in [0, 0.05) is 22.9 Å². The summed E-state index contributed by atoms with van der Waals surface area (Å²) in [5.74, 6) is 0.877. The van der Waals surface area contributed by atoms with Gasteiger partial charge in [0.25, 0.3) is 11.8 Å². The first-order valence-electron chi connectivity index (χ1n) is 9.46. The van der Waals surface area contributed by atoms with Crippen LogP contribution < -0.4 is 10.6 Å². The molecule has 30 heavy (non-hydrogen) atoms. The number of hydrogen-bond donors (Lipinski definition) is 2. The van der Waals surface area contributed by atoms with Crippen LogP contribution in [-0.4, -0.2) is 37.0 Å². The molecule has 158 valence electrons. The van der Waals surface area contributed by atoms with E-state index in [1.807, 2.05) is 6.26 Å². The highest BCUT2D eigenvalue weighted by molar-refractivity contribution is 8.04. The van der Waals surface area contributed by atoms with Gasteiger partial charge in [0.15, 0.2) is 0 Å². The van der Waals surface area contributed by atoms with Crippen molar-refractivity contribution in [1.29, 1.82) is 0 Å². The van der Waals surface area contributed by atoms with Crippen LogP contribution in [-0.2, 0) is 16.0 Å². The second-order valence-corrected chi connectivity index (χ2v) is 8.98. The summed E-state index contributed by atoms with van der Waals surface area (Å²) >= 11 is 9.46. The maximum absolute atomic E-state index is 12.5. The average Bonchev–Trinajstić information content (AvgIpc) is 2.74. The lowest BCUT2D eigenvalue weighted by molar-refractivity contribution is -0.112. The van der Waals surface area contributed by atoms with E-state index in [-0.39, 0.29) is 16.8 Å². The molecule has 0 aromatic heterocycles. The molecule has 0 spiro atoms. The highest BCUT2D eigenvalue weighted by Crippen LogP contribution is 2.28. The van der Waals surface area contributed by atoms with Crippen molar-refractivity contribution in [3.05, 3.63) is 69.3 Å². The molecule has 0 atom stereocenters. The van der Waals surface area contributed by atoms with Crippen molar-refractivity contribution in [2.45, 2.75) is 18.2 Å². The van der Waals surface area contributed by atoms with Gasteiger partial charge in [-0.2, -0.15) is 0 Å². The average molecular weight is 463 g/mol. The van der Waals surface area contributed by atoms with Crippen molar-refractivity contribution in [3.8, 4) is 0 Å². The zero-order chi connectivity index (χ0) is 21.5. The maximum Gasteiger partial charge on any atom is 0.265 e. The number of allylic oxidation sites excluding steroid dienone is 1. The summed E-state index contributed by atoms with van der Waals surface area (Å²) in [5, 5.41) is 5.98. The minimum atomic E-state index is -0.242. The maximum atomic E-state index is 12.5. The number of ether oxygens (including phenoxy) is 1. The lowest BCUT2D eigenvalue weighted by Crippen LogP contribution is -2.26. The summed E-state index contributed by atoms with van der Waals surface area (Å²) in [7, 11) is 0. The minimum absolute atomic E-state index is 0.238. The number of rotatable bonds is 7. The van der Waals surface area contributed by atoms with Crippen LogP contribution in [0.15, 0.2) is 58.0 Å². The van der Waals surface area contributed by atoms with E-state index in [9.17, 15) is 9.59 Å². The normalized spacial score (nSPS) is 13.6. The van der Waals surface area contributed by atoms with E-state index in [1.165, 1.54) is 16.7 Å². The molecule has 3 rings (SSSR count). The molecule has 8 heteroatoms. The Labute approximate surface area is 190 Å². The largest absolute Gasteiger partial charge is 0.496 e. The highest BCUT2D eigenvalue weighted by Gasteiger charge is 2.19. The van der Waals surface area contributed by atoms with Crippen molar-refractivity contribution < 1.29 is 14.3 Å². The second-order valence-electron chi connectivity index (χ2n) is 6.58. The molecule has 0 unspecified atom stereocenters. The summed E-state index contributed by atoms with van der Waals surface area (Å²) in [6.07, 6.45) is 2.78. The predicted molar refractivity (Wildman–Crippen MR) is 125 cm³/mol. The number of benzene rings is 2. The molecule has 2 aromatic carbocycles. The summed E-state index contributed by atoms with van der Waals surface area (Å²) < 4.78 is 5.42. The monoisotopic (exact) mass is 462 g/mol. The molecule has 0 saturated carbocycles. The summed E-state index contributed by atoms with van der Waals surface area (Å²) in [6.45, 7) is 2.89. The molecule has 0 saturated heterocycles. The molecular formula is C22H23ClN2O3S2. The van der Waals surface area contributed by atoms with Crippen LogP contribution >= 0.6 is 35.1 Å². The molecule has 0 fully saturated rings. The van der Waals surface area contributed by atoms with Crippen LogP contribution in [0.4, 0.5) is 5.69 Å². The van der Waals surface area contributed by atoms with Crippen LogP contribution in [0, 0.1) is 0 Å². The number of anilines is 1. The van der Waals surface area contributed by atoms with Gasteiger partial charge < -0.3 is 15.4 Å². The molecule has 0 aliphatic carbocycles. The van der Waals surface area contributed by atoms with Crippen molar-refractivity contribution in [3.63, 3.8) is 0 Å². The molecule has 1 aliphatic rings. The molecule has 2 N–H and O–H groups in total. The smallest absolute Gasteiger partial charge is 0.265 e. The van der Waals surface area contributed by atoms with E-state index in [2.05, 4.69) is 34.9 Å². The quantitative estimate of drug-likeness (QED) is 0.569. The topological polar surface area (TPSA) is 67.4 Å². The minimum Gasteiger partial charge on any atom is -0.496 e.